The molecule has 4 aromatic rings. The fourth-order valence-corrected chi connectivity index (χ4v) is 3.91. The van der Waals surface area contributed by atoms with E-state index in [4.69, 9.17) is 16.2 Å². The van der Waals surface area contributed by atoms with Gasteiger partial charge in [0.2, 0.25) is 5.91 Å². The van der Waals surface area contributed by atoms with Crippen LogP contribution in [-0.2, 0) is 13.0 Å². The van der Waals surface area contributed by atoms with Gasteiger partial charge in [0.05, 0.1) is 0 Å². The average molecular weight is 439 g/mol. The lowest BCUT2D eigenvalue weighted by Gasteiger charge is -2.10. The van der Waals surface area contributed by atoms with E-state index < -0.39 is 11.8 Å². The Morgan fingerprint density at radius 3 is 2.33 bits per heavy atom. The van der Waals surface area contributed by atoms with Crippen LogP contribution in [-0.4, -0.2) is 21.6 Å². The SMILES string of the molecule is NC(=O)c1ccc2c(c1)Nc1c(C(N)=O)c(-c3ccc(Oc4ccccc4)cc3)nn1CC2. The van der Waals surface area contributed by atoms with Gasteiger partial charge in [-0.2, -0.15) is 5.10 Å². The van der Waals surface area contributed by atoms with Gasteiger partial charge in [0.15, 0.2) is 0 Å². The maximum Gasteiger partial charge on any atom is 0.254 e. The first-order valence-corrected chi connectivity index (χ1v) is 10.4. The molecule has 0 saturated carbocycles. The van der Waals surface area contributed by atoms with Crippen molar-refractivity contribution in [3.63, 3.8) is 0 Å². The van der Waals surface area contributed by atoms with E-state index in [0.717, 1.165) is 16.9 Å². The molecule has 0 atom stereocenters. The van der Waals surface area contributed by atoms with E-state index in [2.05, 4.69) is 10.4 Å². The molecule has 0 saturated heterocycles. The van der Waals surface area contributed by atoms with Gasteiger partial charge in [-0.1, -0.05) is 24.3 Å². The molecule has 0 unspecified atom stereocenters. The smallest absolute Gasteiger partial charge is 0.254 e. The normalized spacial score (nSPS) is 12.1. The first-order valence-electron chi connectivity index (χ1n) is 10.4. The Labute approximate surface area is 189 Å². The molecule has 0 spiro atoms. The number of carbonyl (C=O) groups excluding carboxylic acids is 2. The number of benzene rings is 3. The fourth-order valence-electron chi connectivity index (χ4n) is 3.91. The van der Waals surface area contributed by atoms with Crippen molar-refractivity contribution in [2.75, 3.05) is 5.32 Å². The third-order valence-corrected chi connectivity index (χ3v) is 5.55. The highest BCUT2D eigenvalue weighted by molar-refractivity contribution is 6.04. The van der Waals surface area contributed by atoms with Crippen molar-refractivity contribution in [1.82, 2.24) is 9.78 Å². The van der Waals surface area contributed by atoms with Crippen LogP contribution in [0, 0.1) is 0 Å². The molecule has 0 radical (unpaired) electrons. The van der Waals surface area contributed by atoms with Crippen molar-refractivity contribution in [2.45, 2.75) is 13.0 Å². The molecule has 1 aromatic heterocycles. The number of ether oxygens (including phenoxy) is 1. The zero-order chi connectivity index (χ0) is 22.9. The number of anilines is 2. The summed E-state index contributed by atoms with van der Waals surface area (Å²) in [6.45, 7) is 0.542. The van der Waals surface area contributed by atoms with Gasteiger partial charge < -0.3 is 21.5 Å². The number of para-hydroxylation sites is 1. The van der Waals surface area contributed by atoms with E-state index in [1.807, 2.05) is 60.7 Å². The van der Waals surface area contributed by atoms with Gasteiger partial charge in [-0.3, -0.25) is 9.59 Å². The quantitative estimate of drug-likeness (QED) is 0.436. The number of hydrogen-bond donors (Lipinski definition) is 3. The van der Waals surface area contributed by atoms with Crippen LogP contribution < -0.4 is 21.5 Å². The highest BCUT2D eigenvalue weighted by atomic mass is 16.5. The van der Waals surface area contributed by atoms with Crippen molar-refractivity contribution in [1.29, 1.82) is 0 Å². The number of nitrogens with two attached hydrogens (primary N) is 2. The lowest BCUT2D eigenvalue weighted by molar-refractivity contribution is 0.0992. The zero-order valence-corrected chi connectivity index (χ0v) is 17.6. The summed E-state index contributed by atoms with van der Waals surface area (Å²) in [4.78, 5) is 24.1. The van der Waals surface area contributed by atoms with Gasteiger partial charge in [-0.05, 0) is 60.5 Å². The minimum absolute atomic E-state index is 0.282. The Morgan fingerprint density at radius 2 is 1.64 bits per heavy atom. The summed E-state index contributed by atoms with van der Waals surface area (Å²) >= 11 is 0. The molecule has 33 heavy (non-hydrogen) atoms. The minimum atomic E-state index is -0.599. The molecule has 8 nitrogen and oxygen atoms in total. The third-order valence-electron chi connectivity index (χ3n) is 5.55. The molecular weight excluding hydrogens is 418 g/mol. The molecule has 2 amide bonds. The van der Waals surface area contributed by atoms with Crippen molar-refractivity contribution < 1.29 is 14.3 Å². The van der Waals surface area contributed by atoms with Gasteiger partial charge >= 0.3 is 0 Å². The second-order valence-electron chi connectivity index (χ2n) is 7.71. The second-order valence-corrected chi connectivity index (χ2v) is 7.71. The predicted molar refractivity (Wildman–Crippen MR) is 125 cm³/mol. The van der Waals surface area contributed by atoms with Crippen LogP contribution in [0.15, 0.2) is 72.8 Å². The monoisotopic (exact) mass is 439 g/mol. The average Bonchev–Trinajstić information content (AvgIpc) is 3.08. The molecule has 0 aliphatic carbocycles. The first kappa shape index (κ1) is 20.3. The summed E-state index contributed by atoms with van der Waals surface area (Å²) in [6, 6.07) is 22.0. The summed E-state index contributed by atoms with van der Waals surface area (Å²) in [6.07, 6.45) is 0.664. The number of hydrogen-bond acceptors (Lipinski definition) is 5. The minimum Gasteiger partial charge on any atom is -0.457 e. The number of rotatable bonds is 5. The molecule has 1 aliphatic heterocycles. The van der Waals surface area contributed by atoms with E-state index in [9.17, 15) is 9.59 Å². The molecule has 164 valence electrons. The number of fused-ring (bicyclic) bond motifs is 2. The van der Waals surface area contributed by atoms with Crippen LogP contribution in [0.5, 0.6) is 11.5 Å². The van der Waals surface area contributed by atoms with Gasteiger partial charge in [-0.15, -0.1) is 0 Å². The van der Waals surface area contributed by atoms with Crippen molar-refractivity contribution in [3.05, 3.63) is 89.5 Å². The van der Waals surface area contributed by atoms with Crippen molar-refractivity contribution in [3.8, 4) is 22.8 Å². The molecule has 5 rings (SSSR count). The molecular formula is C25H21N5O3. The maximum atomic E-state index is 12.5. The summed E-state index contributed by atoms with van der Waals surface area (Å²) in [7, 11) is 0. The largest absolute Gasteiger partial charge is 0.457 e. The Hall–Kier alpha value is -4.59. The van der Waals surface area contributed by atoms with E-state index in [-0.39, 0.29) is 5.56 Å². The van der Waals surface area contributed by atoms with Crippen LogP contribution >= 0.6 is 0 Å². The molecule has 0 bridgehead atoms. The summed E-state index contributed by atoms with van der Waals surface area (Å²) in [5, 5.41) is 7.93. The number of carbonyl (C=O) groups is 2. The van der Waals surface area contributed by atoms with Crippen molar-refractivity contribution >= 4 is 23.3 Å². The van der Waals surface area contributed by atoms with Crippen LogP contribution in [0.2, 0.25) is 0 Å². The predicted octanol–water partition coefficient (Wildman–Crippen LogP) is 3.84. The number of nitrogens with zero attached hydrogens (tertiary/aromatic N) is 2. The highest BCUT2D eigenvalue weighted by Crippen LogP contribution is 2.35. The highest BCUT2D eigenvalue weighted by Gasteiger charge is 2.26. The van der Waals surface area contributed by atoms with Crippen LogP contribution in [0.1, 0.15) is 26.3 Å². The number of amides is 2. The van der Waals surface area contributed by atoms with Crippen LogP contribution in [0.4, 0.5) is 11.5 Å². The van der Waals surface area contributed by atoms with Crippen LogP contribution in [0.25, 0.3) is 11.3 Å². The topological polar surface area (TPSA) is 125 Å². The fraction of sp³-hybridized carbons (Fsp3) is 0.0800. The molecule has 8 heteroatoms. The van der Waals surface area contributed by atoms with E-state index in [0.29, 0.717) is 41.5 Å². The Kier molecular flexibility index (Phi) is 5.02. The first-order chi connectivity index (χ1) is 16.0. The van der Waals surface area contributed by atoms with Crippen LogP contribution in [0.3, 0.4) is 0 Å². The Morgan fingerprint density at radius 1 is 0.909 bits per heavy atom. The number of nitrogens with one attached hydrogen (secondary N) is 1. The second kappa shape index (κ2) is 8.16. The lowest BCUT2D eigenvalue weighted by atomic mass is 10.1. The molecule has 2 heterocycles. The third kappa shape index (κ3) is 3.89. The maximum absolute atomic E-state index is 12.5. The number of primary amides is 2. The van der Waals surface area contributed by atoms with Gasteiger partial charge in [0, 0.05) is 23.4 Å². The van der Waals surface area contributed by atoms with Gasteiger partial charge in [0.25, 0.3) is 5.91 Å². The molecule has 3 aromatic carbocycles. The molecule has 0 fully saturated rings. The number of aromatic nitrogens is 2. The molecule has 5 N–H and O–H groups in total. The van der Waals surface area contributed by atoms with E-state index in [1.165, 1.54) is 0 Å². The van der Waals surface area contributed by atoms with Crippen molar-refractivity contribution in [2.24, 2.45) is 11.5 Å². The summed E-state index contributed by atoms with van der Waals surface area (Å²) < 4.78 is 7.58. The van der Waals surface area contributed by atoms with E-state index in [1.54, 1.807) is 16.8 Å². The standard InChI is InChI=1S/C25H21N5O3/c26-23(31)17-7-6-15-12-13-30-25(28-20(15)14-17)21(24(27)32)22(29-30)16-8-10-19(11-9-16)33-18-4-2-1-3-5-18/h1-11,14,28H,12-13H2,(H2,26,31)(H2,27,32). The lowest BCUT2D eigenvalue weighted by Crippen LogP contribution is -2.14. The Bertz CT molecular complexity index is 1360. The Balaban J connectivity index is 1.51. The van der Waals surface area contributed by atoms with E-state index >= 15 is 0 Å². The summed E-state index contributed by atoms with van der Waals surface area (Å²) in [5.41, 5.74) is 14.8. The zero-order valence-electron chi connectivity index (χ0n) is 17.6. The number of aryl methyl sites for hydroxylation is 2. The molecule has 1 aliphatic rings. The van der Waals surface area contributed by atoms with Gasteiger partial charge in [-0.25, -0.2) is 4.68 Å². The summed E-state index contributed by atoms with van der Waals surface area (Å²) in [5.74, 6) is 0.763. The van der Waals surface area contributed by atoms with Gasteiger partial charge in [0.1, 0.15) is 28.6 Å².